The first kappa shape index (κ1) is 18.6. The summed E-state index contributed by atoms with van der Waals surface area (Å²) in [6.07, 6.45) is 0. The molecular formula is C17H20ClN5O2S. The molecule has 2 heterocycles. The van der Waals surface area contributed by atoms with Gasteiger partial charge in [0.25, 0.3) is 0 Å². The van der Waals surface area contributed by atoms with Gasteiger partial charge in [0.15, 0.2) is 16.4 Å². The Labute approximate surface area is 157 Å². The fourth-order valence-corrected chi connectivity index (χ4v) is 4.59. The fraction of sp³-hybridized carbons (Fsp3) is 0.294. The van der Waals surface area contributed by atoms with Gasteiger partial charge in [-0.05, 0) is 45.3 Å². The van der Waals surface area contributed by atoms with Crippen molar-refractivity contribution in [2.24, 2.45) is 0 Å². The molecule has 0 spiro atoms. The van der Waals surface area contributed by atoms with E-state index in [1.807, 2.05) is 32.0 Å². The SMILES string of the molecule is CNc1nn2c(CN(C)C)cc(C)nc2c1S(=O)(=O)c1cccc(Cl)c1. The molecule has 0 saturated heterocycles. The minimum absolute atomic E-state index is 0.0472. The van der Waals surface area contributed by atoms with E-state index < -0.39 is 9.84 Å². The summed E-state index contributed by atoms with van der Waals surface area (Å²) in [6, 6.07) is 8.08. The molecular weight excluding hydrogens is 374 g/mol. The quantitative estimate of drug-likeness (QED) is 0.717. The lowest BCUT2D eigenvalue weighted by molar-refractivity contribution is 0.392. The van der Waals surface area contributed by atoms with Gasteiger partial charge in [0, 0.05) is 24.3 Å². The molecule has 3 rings (SSSR count). The molecule has 0 radical (unpaired) electrons. The molecule has 0 unspecified atom stereocenters. The summed E-state index contributed by atoms with van der Waals surface area (Å²) >= 11 is 5.99. The van der Waals surface area contributed by atoms with Crippen LogP contribution in [0.4, 0.5) is 5.82 Å². The van der Waals surface area contributed by atoms with Gasteiger partial charge in [-0.1, -0.05) is 17.7 Å². The number of nitrogens with one attached hydrogen (secondary N) is 1. The largest absolute Gasteiger partial charge is 0.370 e. The van der Waals surface area contributed by atoms with Crippen molar-refractivity contribution >= 4 is 32.9 Å². The minimum Gasteiger partial charge on any atom is -0.370 e. The predicted molar refractivity (Wildman–Crippen MR) is 102 cm³/mol. The summed E-state index contributed by atoms with van der Waals surface area (Å²) in [5, 5.41) is 7.67. The van der Waals surface area contributed by atoms with E-state index in [0.29, 0.717) is 17.2 Å². The van der Waals surface area contributed by atoms with Gasteiger partial charge in [-0.2, -0.15) is 0 Å². The Bertz CT molecular complexity index is 1080. The summed E-state index contributed by atoms with van der Waals surface area (Å²) < 4.78 is 28.1. The highest BCUT2D eigenvalue weighted by molar-refractivity contribution is 7.91. The van der Waals surface area contributed by atoms with Crippen LogP contribution >= 0.6 is 11.6 Å². The van der Waals surface area contributed by atoms with E-state index in [4.69, 9.17) is 11.6 Å². The van der Waals surface area contributed by atoms with Crippen molar-refractivity contribution in [2.45, 2.75) is 23.3 Å². The first-order valence-corrected chi connectivity index (χ1v) is 9.82. The smallest absolute Gasteiger partial charge is 0.214 e. The van der Waals surface area contributed by atoms with E-state index in [9.17, 15) is 8.42 Å². The molecule has 26 heavy (non-hydrogen) atoms. The molecule has 0 aliphatic carbocycles. The zero-order valence-electron chi connectivity index (χ0n) is 15.0. The fourth-order valence-electron chi connectivity index (χ4n) is 2.79. The summed E-state index contributed by atoms with van der Waals surface area (Å²) in [6.45, 7) is 2.43. The summed E-state index contributed by atoms with van der Waals surface area (Å²) in [5.41, 5.74) is 1.87. The molecule has 0 fully saturated rings. The normalized spacial score (nSPS) is 12.1. The zero-order chi connectivity index (χ0) is 19.1. The lowest BCUT2D eigenvalue weighted by Gasteiger charge is -2.11. The lowest BCUT2D eigenvalue weighted by Crippen LogP contribution is -2.15. The van der Waals surface area contributed by atoms with Crippen molar-refractivity contribution in [1.82, 2.24) is 19.5 Å². The number of rotatable bonds is 5. The predicted octanol–water partition coefficient (Wildman–Crippen LogP) is 2.63. The Balaban J connectivity index is 2.33. The molecule has 3 aromatic rings. The van der Waals surface area contributed by atoms with Gasteiger partial charge >= 0.3 is 0 Å². The van der Waals surface area contributed by atoms with Gasteiger partial charge in [0.2, 0.25) is 9.84 Å². The van der Waals surface area contributed by atoms with Crippen molar-refractivity contribution in [2.75, 3.05) is 26.5 Å². The second-order valence-corrected chi connectivity index (χ2v) is 8.57. The minimum atomic E-state index is -3.86. The Morgan fingerprint density at radius 2 is 2.00 bits per heavy atom. The third-order valence-corrected chi connectivity index (χ3v) is 5.86. The van der Waals surface area contributed by atoms with Crippen molar-refractivity contribution in [3.05, 3.63) is 46.7 Å². The van der Waals surface area contributed by atoms with Crippen LogP contribution in [0.25, 0.3) is 5.65 Å². The number of nitrogens with zero attached hydrogens (tertiary/aromatic N) is 4. The molecule has 2 aromatic heterocycles. The maximum Gasteiger partial charge on any atom is 0.214 e. The van der Waals surface area contributed by atoms with Gasteiger partial charge in [-0.25, -0.2) is 17.9 Å². The molecule has 0 amide bonds. The maximum absolute atomic E-state index is 13.3. The van der Waals surface area contributed by atoms with Crippen LogP contribution in [0.1, 0.15) is 11.4 Å². The molecule has 0 aliphatic heterocycles. The second-order valence-electron chi connectivity index (χ2n) is 6.25. The van der Waals surface area contributed by atoms with Crippen LogP contribution in [0.5, 0.6) is 0 Å². The molecule has 0 aliphatic rings. The Hall–Kier alpha value is -2.16. The summed E-state index contributed by atoms with van der Waals surface area (Å²) in [5.74, 6) is 0.253. The number of fused-ring (bicyclic) bond motifs is 1. The number of hydrogen-bond donors (Lipinski definition) is 1. The highest BCUT2D eigenvalue weighted by Gasteiger charge is 2.29. The van der Waals surface area contributed by atoms with E-state index in [1.54, 1.807) is 23.7 Å². The number of halogens is 1. The van der Waals surface area contributed by atoms with Crippen LogP contribution in [-0.4, -0.2) is 49.1 Å². The Kier molecular flexibility index (Phi) is 4.92. The van der Waals surface area contributed by atoms with Crippen molar-refractivity contribution < 1.29 is 8.42 Å². The monoisotopic (exact) mass is 393 g/mol. The molecule has 0 atom stereocenters. The van der Waals surface area contributed by atoms with Gasteiger partial charge in [0.05, 0.1) is 10.6 Å². The van der Waals surface area contributed by atoms with Crippen LogP contribution in [0, 0.1) is 6.92 Å². The average molecular weight is 394 g/mol. The molecule has 0 bridgehead atoms. The lowest BCUT2D eigenvalue weighted by atomic mass is 10.3. The number of benzene rings is 1. The number of aryl methyl sites for hydroxylation is 1. The van der Waals surface area contributed by atoms with Crippen LogP contribution in [0.3, 0.4) is 0 Å². The molecule has 138 valence electrons. The highest BCUT2D eigenvalue weighted by atomic mass is 35.5. The molecule has 7 nitrogen and oxygen atoms in total. The van der Waals surface area contributed by atoms with Gasteiger partial charge in [-0.3, -0.25) is 0 Å². The van der Waals surface area contributed by atoms with Crippen molar-refractivity contribution in [3.8, 4) is 0 Å². The number of aromatic nitrogens is 3. The third kappa shape index (κ3) is 3.27. The third-order valence-electron chi connectivity index (χ3n) is 3.84. The molecule has 0 saturated carbocycles. The van der Waals surface area contributed by atoms with Crippen LogP contribution < -0.4 is 5.32 Å². The standard InChI is InChI=1S/C17H20ClN5O2S/c1-11-8-13(10-22(3)4)23-17(20-11)15(16(19-2)21-23)26(24,25)14-7-5-6-12(18)9-14/h5-9H,10H2,1-4H3,(H,19,21). The van der Waals surface area contributed by atoms with Crippen LogP contribution in [0.2, 0.25) is 5.02 Å². The molecule has 1 aromatic carbocycles. The molecule has 1 N–H and O–H groups in total. The Morgan fingerprint density at radius 1 is 1.27 bits per heavy atom. The summed E-state index contributed by atoms with van der Waals surface area (Å²) in [7, 11) is 1.66. The first-order valence-electron chi connectivity index (χ1n) is 7.96. The average Bonchev–Trinajstić information content (AvgIpc) is 2.93. The number of sulfone groups is 1. The first-order chi connectivity index (χ1) is 12.2. The highest BCUT2D eigenvalue weighted by Crippen LogP contribution is 2.32. The maximum atomic E-state index is 13.3. The van der Waals surface area contributed by atoms with E-state index in [2.05, 4.69) is 15.4 Å². The summed E-state index contributed by atoms with van der Waals surface area (Å²) in [4.78, 5) is 6.59. The second kappa shape index (κ2) is 6.86. The van der Waals surface area contributed by atoms with Gasteiger partial charge < -0.3 is 10.2 Å². The molecule has 9 heteroatoms. The van der Waals surface area contributed by atoms with Crippen LogP contribution in [-0.2, 0) is 16.4 Å². The Morgan fingerprint density at radius 3 is 2.62 bits per heavy atom. The van der Waals surface area contributed by atoms with E-state index in [-0.39, 0.29) is 15.6 Å². The zero-order valence-corrected chi connectivity index (χ0v) is 16.6. The van der Waals surface area contributed by atoms with Crippen molar-refractivity contribution in [1.29, 1.82) is 0 Å². The number of hydrogen-bond acceptors (Lipinski definition) is 6. The topological polar surface area (TPSA) is 79.6 Å². The van der Waals surface area contributed by atoms with Gasteiger partial charge in [0.1, 0.15) is 0 Å². The van der Waals surface area contributed by atoms with E-state index in [1.165, 1.54) is 12.1 Å². The van der Waals surface area contributed by atoms with Crippen LogP contribution in [0.15, 0.2) is 40.1 Å². The van der Waals surface area contributed by atoms with E-state index >= 15 is 0 Å². The van der Waals surface area contributed by atoms with E-state index in [0.717, 1.165) is 11.4 Å². The van der Waals surface area contributed by atoms with Crippen molar-refractivity contribution in [3.63, 3.8) is 0 Å². The number of anilines is 1. The van der Waals surface area contributed by atoms with Gasteiger partial charge in [-0.15, -0.1) is 5.10 Å².